The minimum Gasteiger partial charge on any atom is -0.408 e. The van der Waals surface area contributed by atoms with Gasteiger partial charge in [0, 0.05) is 12.1 Å². The van der Waals surface area contributed by atoms with Gasteiger partial charge < -0.3 is 9.73 Å². The minimum atomic E-state index is -1.06. The van der Waals surface area contributed by atoms with Crippen LogP contribution in [-0.2, 0) is 6.42 Å². The van der Waals surface area contributed by atoms with Crippen molar-refractivity contribution < 1.29 is 18.0 Å². The molecule has 0 bridgehead atoms. The van der Waals surface area contributed by atoms with Gasteiger partial charge in [0.05, 0.1) is 5.52 Å². The number of nitrogens with one attached hydrogen (secondary N) is 2. The number of fused-ring (bicyclic) bond motifs is 1. The van der Waals surface area contributed by atoms with E-state index in [0.29, 0.717) is 24.1 Å². The topological polar surface area (TPSA) is 75.1 Å². The smallest absolute Gasteiger partial charge is 0.408 e. The molecule has 0 aliphatic heterocycles. The SMILES string of the molecule is O=C(NCCc1ccc2oc(=O)[nH]c2c1)c1ccc(F)c(F)c1. The van der Waals surface area contributed by atoms with Crippen molar-refractivity contribution >= 4 is 17.0 Å². The van der Waals surface area contributed by atoms with Crippen molar-refractivity contribution in [2.45, 2.75) is 6.42 Å². The van der Waals surface area contributed by atoms with Crippen LogP contribution in [0.4, 0.5) is 8.78 Å². The molecule has 23 heavy (non-hydrogen) atoms. The van der Waals surface area contributed by atoms with E-state index < -0.39 is 23.3 Å². The number of amides is 1. The van der Waals surface area contributed by atoms with Gasteiger partial charge in [0.15, 0.2) is 17.2 Å². The van der Waals surface area contributed by atoms with E-state index in [1.807, 2.05) is 0 Å². The van der Waals surface area contributed by atoms with E-state index in [9.17, 15) is 18.4 Å². The Morgan fingerprint density at radius 2 is 1.96 bits per heavy atom. The highest BCUT2D eigenvalue weighted by atomic mass is 19.2. The molecule has 1 aromatic heterocycles. The molecule has 0 unspecified atom stereocenters. The molecule has 1 heterocycles. The molecule has 0 spiro atoms. The number of oxazole rings is 1. The zero-order chi connectivity index (χ0) is 16.4. The molecule has 0 radical (unpaired) electrons. The normalized spacial score (nSPS) is 10.9. The van der Waals surface area contributed by atoms with Gasteiger partial charge in [0.1, 0.15) is 0 Å². The maximum absolute atomic E-state index is 13.1. The Labute approximate surface area is 128 Å². The summed E-state index contributed by atoms with van der Waals surface area (Å²) in [5, 5.41) is 2.62. The molecule has 3 rings (SSSR count). The van der Waals surface area contributed by atoms with Crippen molar-refractivity contribution in [3.8, 4) is 0 Å². The van der Waals surface area contributed by atoms with E-state index in [-0.39, 0.29) is 5.56 Å². The third-order valence-corrected chi connectivity index (χ3v) is 3.36. The molecule has 0 aliphatic rings. The molecule has 2 aromatic carbocycles. The van der Waals surface area contributed by atoms with Gasteiger partial charge in [-0.1, -0.05) is 6.07 Å². The molecule has 1 amide bonds. The van der Waals surface area contributed by atoms with Crippen LogP contribution in [0.1, 0.15) is 15.9 Å². The Hall–Kier alpha value is -2.96. The number of aromatic nitrogens is 1. The molecule has 5 nitrogen and oxygen atoms in total. The fourth-order valence-corrected chi connectivity index (χ4v) is 2.21. The number of carbonyl (C=O) groups excluding carboxylic acids is 1. The Morgan fingerprint density at radius 1 is 1.13 bits per heavy atom. The van der Waals surface area contributed by atoms with Gasteiger partial charge in [0.25, 0.3) is 5.91 Å². The first kappa shape index (κ1) is 15.0. The third-order valence-electron chi connectivity index (χ3n) is 3.36. The Kier molecular flexibility index (Phi) is 3.92. The Bertz CT molecular complexity index is 930. The standard InChI is InChI=1S/C16H12F2N2O3/c17-11-3-2-10(8-12(11)18)15(21)19-6-5-9-1-4-14-13(7-9)20-16(22)23-14/h1-4,7-8H,5-6H2,(H,19,21)(H,20,22). The largest absolute Gasteiger partial charge is 0.417 e. The molecule has 0 aliphatic carbocycles. The number of rotatable bonds is 4. The highest BCUT2D eigenvalue weighted by molar-refractivity contribution is 5.94. The molecular formula is C16H12F2N2O3. The molecular weight excluding hydrogens is 306 g/mol. The summed E-state index contributed by atoms with van der Waals surface area (Å²) < 4.78 is 30.8. The first-order valence-corrected chi connectivity index (χ1v) is 6.88. The zero-order valence-electron chi connectivity index (χ0n) is 11.9. The van der Waals surface area contributed by atoms with Crippen molar-refractivity contribution in [1.29, 1.82) is 0 Å². The van der Waals surface area contributed by atoms with Crippen LogP contribution < -0.4 is 11.1 Å². The first-order chi connectivity index (χ1) is 11.0. The molecule has 2 N–H and O–H groups in total. The maximum Gasteiger partial charge on any atom is 0.417 e. The lowest BCUT2D eigenvalue weighted by atomic mass is 10.1. The number of benzene rings is 2. The summed E-state index contributed by atoms with van der Waals surface area (Å²) in [6, 6.07) is 8.18. The molecule has 0 saturated heterocycles. The second kappa shape index (κ2) is 6.04. The molecule has 0 fully saturated rings. The summed E-state index contributed by atoms with van der Waals surface area (Å²) in [6.07, 6.45) is 0.512. The van der Waals surface area contributed by atoms with Gasteiger partial charge in [0.2, 0.25) is 0 Å². The van der Waals surface area contributed by atoms with Crippen molar-refractivity contribution in [3.63, 3.8) is 0 Å². The summed E-state index contributed by atoms with van der Waals surface area (Å²) in [4.78, 5) is 25.5. The molecule has 118 valence electrons. The second-order valence-corrected chi connectivity index (χ2v) is 4.98. The van der Waals surface area contributed by atoms with Crippen LogP contribution in [-0.4, -0.2) is 17.4 Å². The van der Waals surface area contributed by atoms with Crippen LogP contribution in [0.15, 0.2) is 45.6 Å². The van der Waals surface area contributed by atoms with Crippen LogP contribution in [0.25, 0.3) is 11.1 Å². The fourth-order valence-electron chi connectivity index (χ4n) is 2.21. The number of hydrogen-bond acceptors (Lipinski definition) is 3. The van der Waals surface area contributed by atoms with Crippen LogP contribution in [0.2, 0.25) is 0 Å². The lowest BCUT2D eigenvalue weighted by molar-refractivity contribution is 0.0953. The van der Waals surface area contributed by atoms with E-state index >= 15 is 0 Å². The molecule has 3 aromatic rings. The van der Waals surface area contributed by atoms with E-state index in [1.54, 1.807) is 18.2 Å². The summed E-state index contributed by atoms with van der Waals surface area (Å²) >= 11 is 0. The number of carbonyl (C=O) groups is 1. The monoisotopic (exact) mass is 318 g/mol. The van der Waals surface area contributed by atoms with Crippen LogP contribution in [0, 0.1) is 11.6 Å². The number of H-pyrrole nitrogens is 1. The lowest BCUT2D eigenvalue weighted by Crippen LogP contribution is -2.25. The predicted octanol–water partition coefficient (Wildman–Crippen LogP) is 2.37. The predicted molar refractivity (Wildman–Crippen MR) is 79.2 cm³/mol. The second-order valence-electron chi connectivity index (χ2n) is 4.98. The van der Waals surface area contributed by atoms with Gasteiger partial charge in [-0.2, -0.15) is 0 Å². The summed E-state index contributed by atoms with van der Waals surface area (Å²) in [5.74, 6) is -3.07. The zero-order valence-corrected chi connectivity index (χ0v) is 11.9. The van der Waals surface area contributed by atoms with Crippen LogP contribution in [0.5, 0.6) is 0 Å². The lowest BCUT2D eigenvalue weighted by Gasteiger charge is -2.06. The van der Waals surface area contributed by atoms with Crippen molar-refractivity contribution in [3.05, 3.63) is 69.7 Å². The van der Waals surface area contributed by atoms with Gasteiger partial charge >= 0.3 is 5.76 Å². The molecule has 0 atom stereocenters. The number of aromatic amines is 1. The average Bonchev–Trinajstić information content (AvgIpc) is 2.89. The third kappa shape index (κ3) is 3.28. The van der Waals surface area contributed by atoms with Crippen molar-refractivity contribution in [2.75, 3.05) is 6.54 Å². The first-order valence-electron chi connectivity index (χ1n) is 6.88. The Morgan fingerprint density at radius 3 is 2.74 bits per heavy atom. The van der Waals surface area contributed by atoms with Crippen molar-refractivity contribution in [2.24, 2.45) is 0 Å². The van der Waals surface area contributed by atoms with Gasteiger partial charge in [-0.05, 0) is 42.3 Å². The summed E-state index contributed by atoms with van der Waals surface area (Å²) in [7, 11) is 0. The highest BCUT2D eigenvalue weighted by Gasteiger charge is 2.09. The Balaban J connectivity index is 1.62. The average molecular weight is 318 g/mol. The van der Waals surface area contributed by atoms with E-state index in [2.05, 4.69) is 10.3 Å². The van der Waals surface area contributed by atoms with E-state index in [4.69, 9.17) is 4.42 Å². The van der Waals surface area contributed by atoms with E-state index in [1.165, 1.54) is 6.07 Å². The summed E-state index contributed by atoms with van der Waals surface area (Å²) in [6.45, 7) is 0.311. The maximum atomic E-state index is 13.1. The van der Waals surface area contributed by atoms with Gasteiger partial charge in [-0.15, -0.1) is 0 Å². The molecule has 0 saturated carbocycles. The van der Waals surface area contributed by atoms with Crippen LogP contribution >= 0.6 is 0 Å². The fraction of sp³-hybridized carbons (Fsp3) is 0.125. The number of halogens is 2. The highest BCUT2D eigenvalue weighted by Crippen LogP contribution is 2.12. The molecule has 7 heteroatoms. The number of hydrogen-bond donors (Lipinski definition) is 2. The van der Waals surface area contributed by atoms with Crippen molar-refractivity contribution in [1.82, 2.24) is 10.3 Å². The van der Waals surface area contributed by atoms with Gasteiger partial charge in [-0.3, -0.25) is 9.78 Å². The minimum absolute atomic E-state index is 0.0542. The summed E-state index contributed by atoms with van der Waals surface area (Å²) in [5.41, 5.74) is 1.99. The van der Waals surface area contributed by atoms with Gasteiger partial charge in [-0.25, -0.2) is 13.6 Å². The van der Waals surface area contributed by atoms with Crippen LogP contribution in [0.3, 0.4) is 0 Å². The van der Waals surface area contributed by atoms with E-state index in [0.717, 1.165) is 17.7 Å². The quantitative estimate of drug-likeness (QED) is 0.775.